The first-order chi connectivity index (χ1) is 14.7. The Balaban J connectivity index is 0.00000341. The summed E-state index contributed by atoms with van der Waals surface area (Å²) in [7, 11) is 1.73. The van der Waals surface area contributed by atoms with E-state index in [1.54, 1.807) is 7.11 Å². The highest BCUT2D eigenvalue weighted by Crippen LogP contribution is 2.26. The summed E-state index contributed by atoms with van der Waals surface area (Å²) >= 11 is 0. The molecule has 0 amide bonds. The van der Waals surface area contributed by atoms with E-state index in [9.17, 15) is 0 Å². The van der Waals surface area contributed by atoms with E-state index in [1.165, 1.54) is 11.1 Å². The van der Waals surface area contributed by atoms with Crippen molar-refractivity contribution in [3.8, 4) is 5.75 Å². The Morgan fingerprint density at radius 1 is 1.16 bits per heavy atom. The van der Waals surface area contributed by atoms with E-state index in [2.05, 4.69) is 60.5 Å². The number of likely N-dealkylation sites (tertiary alicyclic amines) is 1. The number of methoxy groups -OCH3 is 1. The molecular weight excluding hydrogens is 501 g/mol. The van der Waals surface area contributed by atoms with Crippen molar-refractivity contribution < 1.29 is 9.47 Å². The van der Waals surface area contributed by atoms with Crippen molar-refractivity contribution in [1.29, 1.82) is 0 Å². The van der Waals surface area contributed by atoms with Gasteiger partial charge in [-0.1, -0.05) is 55.5 Å². The predicted octanol–water partition coefficient (Wildman–Crippen LogP) is 4.92. The fraction of sp³-hybridized carbons (Fsp3) is 0.480. The molecule has 1 N–H and O–H groups in total. The first-order valence-corrected chi connectivity index (χ1v) is 11.0. The van der Waals surface area contributed by atoms with Crippen molar-refractivity contribution in [1.82, 2.24) is 10.2 Å². The third-order valence-electron chi connectivity index (χ3n) is 5.57. The molecule has 2 aromatic rings. The molecule has 1 aliphatic heterocycles. The number of hydrogen-bond acceptors (Lipinski definition) is 3. The van der Waals surface area contributed by atoms with Gasteiger partial charge in [0.1, 0.15) is 5.75 Å². The van der Waals surface area contributed by atoms with E-state index >= 15 is 0 Å². The Bertz CT molecular complexity index is 800. The average molecular weight is 537 g/mol. The SMILES string of the molecule is CCNC(=NCC(C)c1ccccc1OC)N1CCC(COCc2ccccc2)C1.I. The largest absolute Gasteiger partial charge is 0.496 e. The van der Waals surface area contributed by atoms with Crippen molar-refractivity contribution in [2.75, 3.05) is 39.9 Å². The van der Waals surface area contributed by atoms with Gasteiger partial charge in [0.15, 0.2) is 5.96 Å². The lowest BCUT2D eigenvalue weighted by Crippen LogP contribution is -2.40. The third kappa shape index (κ3) is 7.68. The van der Waals surface area contributed by atoms with Gasteiger partial charge in [-0.2, -0.15) is 0 Å². The molecule has 1 fully saturated rings. The minimum Gasteiger partial charge on any atom is -0.496 e. The van der Waals surface area contributed by atoms with Crippen LogP contribution in [0.25, 0.3) is 0 Å². The van der Waals surface area contributed by atoms with Crippen LogP contribution in [0.3, 0.4) is 0 Å². The van der Waals surface area contributed by atoms with Crippen LogP contribution in [0.4, 0.5) is 0 Å². The Hall–Kier alpha value is -1.80. The lowest BCUT2D eigenvalue weighted by atomic mass is 10.0. The Kier molecular flexibility index (Phi) is 11.2. The number of aliphatic imine (C=N–C) groups is 1. The summed E-state index contributed by atoms with van der Waals surface area (Å²) in [6.07, 6.45) is 1.14. The summed E-state index contributed by atoms with van der Waals surface area (Å²) in [5.41, 5.74) is 2.43. The van der Waals surface area contributed by atoms with Gasteiger partial charge in [0, 0.05) is 38.0 Å². The molecule has 0 radical (unpaired) electrons. The molecule has 170 valence electrons. The van der Waals surface area contributed by atoms with Crippen LogP contribution in [-0.4, -0.2) is 50.8 Å². The number of guanidine groups is 1. The number of nitrogens with one attached hydrogen (secondary N) is 1. The quantitative estimate of drug-likeness (QED) is 0.280. The highest BCUT2D eigenvalue weighted by atomic mass is 127. The highest BCUT2D eigenvalue weighted by molar-refractivity contribution is 14.0. The normalized spacial score (nSPS) is 17.2. The summed E-state index contributed by atoms with van der Waals surface area (Å²) in [6.45, 7) is 9.41. The Morgan fingerprint density at radius 2 is 1.90 bits per heavy atom. The average Bonchev–Trinajstić information content (AvgIpc) is 3.26. The zero-order valence-corrected chi connectivity index (χ0v) is 21.3. The fourth-order valence-electron chi connectivity index (χ4n) is 3.90. The van der Waals surface area contributed by atoms with Gasteiger partial charge >= 0.3 is 0 Å². The number of nitrogens with zero attached hydrogens (tertiary/aromatic N) is 2. The number of halogens is 1. The smallest absolute Gasteiger partial charge is 0.193 e. The van der Waals surface area contributed by atoms with Crippen LogP contribution in [-0.2, 0) is 11.3 Å². The second kappa shape index (κ2) is 13.6. The second-order valence-electron chi connectivity index (χ2n) is 7.94. The van der Waals surface area contributed by atoms with Gasteiger partial charge in [0.2, 0.25) is 0 Å². The van der Waals surface area contributed by atoms with E-state index in [0.29, 0.717) is 18.4 Å². The topological polar surface area (TPSA) is 46.1 Å². The van der Waals surface area contributed by atoms with Gasteiger partial charge in [-0.3, -0.25) is 4.99 Å². The first-order valence-electron chi connectivity index (χ1n) is 11.0. The number of benzene rings is 2. The standard InChI is InChI=1S/C25H35N3O2.HI/c1-4-26-25(27-16-20(2)23-12-8-9-13-24(23)29-3)28-15-14-22(17-28)19-30-18-21-10-6-5-7-11-21;/h5-13,20,22H,4,14-19H2,1-3H3,(H,26,27);1H. The summed E-state index contributed by atoms with van der Waals surface area (Å²) in [5, 5.41) is 3.47. The molecule has 1 saturated heterocycles. The van der Waals surface area contributed by atoms with E-state index in [0.717, 1.165) is 50.9 Å². The van der Waals surface area contributed by atoms with Crippen molar-refractivity contribution in [3.63, 3.8) is 0 Å². The van der Waals surface area contributed by atoms with Crippen LogP contribution < -0.4 is 10.1 Å². The molecule has 1 aliphatic rings. The van der Waals surface area contributed by atoms with Crippen LogP contribution in [0.15, 0.2) is 59.6 Å². The van der Waals surface area contributed by atoms with Crippen molar-refractivity contribution in [3.05, 3.63) is 65.7 Å². The first kappa shape index (κ1) is 25.5. The van der Waals surface area contributed by atoms with Crippen LogP contribution in [0.2, 0.25) is 0 Å². The van der Waals surface area contributed by atoms with Crippen LogP contribution in [0, 0.1) is 5.92 Å². The van der Waals surface area contributed by atoms with Crippen LogP contribution in [0.5, 0.6) is 5.75 Å². The maximum Gasteiger partial charge on any atom is 0.193 e. The van der Waals surface area contributed by atoms with Gasteiger partial charge in [-0.15, -0.1) is 24.0 Å². The van der Waals surface area contributed by atoms with Crippen molar-refractivity contribution in [2.45, 2.75) is 32.8 Å². The highest BCUT2D eigenvalue weighted by Gasteiger charge is 2.25. The lowest BCUT2D eigenvalue weighted by Gasteiger charge is -2.22. The molecule has 2 unspecified atom stereocenters. The molecule has 1 heterocycles. The molecule has 6 heteroatoms. The number of ether oxygens (including phenoxy) is 2. The molecule has 5 nitrogen and oxygen atoms in total. The predicted molar refractivity (Wildman–Crippen MR) is 139 cm³/mol. The Labute approximate surface area is 204 Å². The molecular formula is C25H36IN3O2. The molecule has 0 saturated carbocycles. The van der Waals surface area contributed by atoms with Crippen LogP contribution in [0.1, 0.15) is 37.3 Å². The minimum atomic E-state index is 0. The summed E-state index contributed by atoms with van der Waals surface area (Å²) in [5.74, 6) is 2.78. The zero-order valence-electron chi connectivity index (χ0n) is 18.9. The van der Waals surface area contributed by atoms with E-state index < -0.39 is 0 Å². The zero-order chi connectivity index (χ0) is 21.2. The molecule has 3 rings (SSSR count). The lowest BCUT2D eigenvalue weighted by molar-refractivity contribution is 0.0906. The number of rotatable bonds is 9. The van der Waals surface area contributed by atoms with Gasteiger partial charge < -0.3 is 19.7 Å². The summed E-state index contributed by atoms with van der Waals surface area (Å²) in [6, 6.07) is 18.6. The van der Waals surface area contributed by atoms with Gasteiger partial charge in [0.05, 0.1) is 20.3 Å². The molecule has 0 aliphatic carbocycles. The van der Waals surface area contributed by atoms with E-state index in [1.807, 2.05) is 18.2 Å². The third-order valence-corrected chi connectivity index (χ3v) is 5.57. The van der Waals surface area contributed by atoms with E-state index in [4.69, 9.17) is 14.5 Å². The van der Waals surface area contributed by atoms with Crippen molar-refractivity contribution >= 4 is 29.9 Å². The molecule has 0 spiro atoms. The van der Waals surface area contributed by atoms with Crippen molar-refractivity contribution in [2.24, 2.45) is 10.9 Å². The summed E-state index contributed by atoms with van der Waals surface area (Å²) in [4.78, 5) is 7.31. The maximum absolute atomic E-state index is 5.97. The second-order valence-corrected chi connectivity index (χ2v) is 7.94. The minimum absolute atomic E-state index is 0. The summed E-state index contributed by atoms with van der Waals surface area (Å²) < 4.78 is 11.5. The number of hydrogen-bond donors (Lipinski definition) is 1. The molecule has 31 heavy (non-hydrogen) atoms. The van der Waals surface area contributed by atoms with E-state index in [-0.39, 0.29) is 24.0 Å². The molecule has 0 bridgehead atoms. The molecule has 2 aromatic carbocycles. The van der Waals surface area contributed by atoms with Gasteiger partial charge in [0.25, 0.3) is 0 Å². The Morgan fingerprint density at radius 3 is 2.65 bits per heavy atom. The molecule has 2 atom stereocenters. The van der Waals surface area contributed by atoms with Crippen LogP contribution >= 0.6 is 24.0 Å². The molecule has 0 aromatic heterocycles. The maximum atomic E-state index is 5.97. The van der Waals surface area contributed by atoms with Gasteiger partial charge in [-0.25, -0.2) is 0 Å². The number of para-hydroxylation sites is 1. The fourth-order valence-corrected chi connectivity index (χ4v) is 3.90. The monoisotopic (exact) mass is 537 g/mol. The van der Waals surface area contributed by atoms with Gasteiger partial charge in [-0.05, 0) is 30.5 Å².